The summed E-state index contributed by atoms with van der Waals surface area (Å²) in [7, 11) is 3.01. The Bertz CT molecular complexity index is 543. The number of nitrogens with zero attached hydrogens (tertiary/aromatic N) is 3. The van der Waals surface area contributed by atoms with E-state index < -0.39 is 11.9 Å². The molecule has 23 heavy (non-hydrogen) atoms. The van der Waals surface area contributed by atoms with Crippen LogP contribution in [0.15, 0.2) is 6.07 Å². The second-order valence-corrected chi connectivity index (χ2v) is 5.93. The van der Waals surface area contributed by atoms with E-state index in [4.69, 9.17) is 4.74 Å². The molecule has 1 aliphatic heterocycles. The highest BCUT2D eigenvalue weighted by Gasteiger charge is 2.36. The monoisotopic (exact) mass is 333 g/mol. The molecule has 1 aromatic heterocycles. The van der Waals surface area contributed by atoms with Crippen LogP contribution in [-0.2, 0) is 18.0 Å². The Kier molecular flexibility index (Phi) is 5.67. The number of hydrogen-bond acceptors (Lipinski definition) is 3. The summed E-state index contributed by atoms with van der Waals surface area (Å²) in [4.78, 5) is 14.1. The summed E-state index contributed by atoms with van der Waals surface area (Å²) in [6.45, 7) is 1.84. The smallest absolute Gasteiger partial charge is 0.385 e. The lowest BCUT2D eigenvalue weighted by molar-refractivity contribution is -0.141. The van der Waals surface area contributed by atoms with E-state index in [-0.39, 0.29) is 11.6 Å². The summed E-state index contributed by atoms with van der Waals surface area (Å²) in [6, 6.07) is 0.830. The molecule has 0 radical (unpaired) electrons. The Morgan fingerprint density at radius 2 is 2.22 bits per heavy atom. The highest BCUT2D eigenvalue weighted by molar-refractivity contribution is 5.92. The van der Waals surface area contributed by atoms with Crippen molar-refractivity contribution in [3.05, 3.63) is 17.5 Å². The van der Waals surface area contributed by atoms with Crippen molar-refractivity contribution in [2.75, 3.05) is 26.8 Å². The highest BCUT2D eigenvalue weighted by atomic mass is 19.4. The Labute approximate surface area is 133 Å². The maximum absolute atomic E-state index is 12.7. The number of halogens is 3. The predicted octanol–water partition coefficient (Wildman–Crippen LogP) is 2.72. The second kappa shape index (κ2) is 7.33. The molecular weight excluding hydrogens is 311 g/mol. The number of carbonyl (C=O) groups is 1. The summed E-state index contributed by atoms with van der Waals surface area (Å²) in [6.07, 6.45) is -0.759. The molecule has 0 N–H and O–H groups in total. The number of aromatic nitrogens is 2. The molecule has 2 heterocycles. The molecule has 2 rings (SSSR count). The van der Waals surface area contributed by atoms with Gasteiger partial charge in [-0.3, -0.25) is 9.48 Å². The van der Waals surface area contributed by atoms with E-state index >= 15 is 0 Å². The lowest BCUT2D eigenvalue weighted by Crippen LogP contribution is -2.40. The van der Waals surface area contributed by atoms with Gasteiger partial charge in [0.25, 0.3) is 5.91 Å². The van der Waals surface area contributed by atoms with E-state index in [1.807, 2.05) is 0 Å². The molecule has 8 heteroatoms. The largest absolute Gasteiger partial charge is 0.435 e. The van der Waals surface area contributed by atoms with Crippen LogP contribution >= 0.6 is 0 Å². The van der Waals surface area contributed by atoms with Crippen molar-refractivity contribution in [3.63, 3.8) is 0 Å². The highest BCUT2D eigenvalue weighted by Crippen LogP contribution is 2.29. The molecule has 0 spiro atoms. The third-order valence-corrected chi connectivity index (χ3v) is 4.16. The Morgan fingerprint density at radius 3 is 2.83 bits per heavy atom. The van der Waals surface area contributed by atoms with Gasteiger partial charge in [-0.05, 0) is 31.6 Å². The van der Waals surface area contributed by atoms with Gasteiger partial charge >= 0.3 is 6.18 Å². The first-order valence-corrected chi connectivity index (χ1v) is 7.72. The van der Waals surface area contributed by atoms with Gasteiger partial charge in [-0.25, -0.2) is 0 Å². The summed E-state index contributed by atoms with van der Waals surface area (Å²) in [5.41, 5.74) is -1.05. The number of rotatable bonds is 5. The third-order valence-electron chi connectivity index (χ3n) is 4.16. The quantitative estimate of drug-likeness (QED) is 0.779. The van der Waals surface area contributed by atoms with Crippen molar-refractivity contribution >= 4 is 5.91 Å². The lowest BCUT2D eigenvalue weighted by atomic mass is 9.93. The Balaban J connectivity index is 2.03. The van der Waals surface area contributed by atoms with Gasteiger partial charge in [-0.1, -0.05) is 0 Å². The van der Waals surface area contributed by atoms with Crippen LogP contribution in [0.1, 0.15) is 41.9 Å². The Morgan fingerprint density at radius 1 is 1.48 bits per heavy atom. The second-order valence-electron chi connectivity index (χ2n) is 5.93. The molecule has 0 bridgehead atoms. The van der Waals surface area contributed by atoms with Crippen LogP contribution < -0.4 is 0 Å². The maximum Gasteiger partial charge on any atom is 0.435 e. The molecule has 1 atom stereocenters. The van der Waals surface area contributed by atoms with Crippen molar-refractivity contribution in [1.82, 2.24) is 14.7 Å². The molecule has 1 aliphatic rings. The maximum atomic E-state index is 12.7. The molecule has 0 aromatic carbocycles. The first-order valence-electron chi connectivity index (χ1n) is 7.72. The van der Waals surface area contributed by atoms with Crippen LogP contribution in [-0.4, -0.2) is 47.4 Å². The SMILES string of the molecule is COCCC[C@@H]1CCCN(C(=O)c2cc(C(F)(F)F)nn2C)C1. The summed E-state index contributed by atoms with van der Waals surface area (Å²) in [5.74, 6) is -0.00916. The topological polar surface area (TPSA) is 47.4 Å². The molecule has 1 amide bonds. The van der Waals surface area contributed by atoms with Crippen LogP contribution in [0, 0.1) is 5.92 Å². The van der Waals surface area contributed by atoms with Crippen molar-refractivity contribution in [3.8, 4) is 0 Å². The van der Waals surface area contributed by atoms with Gasteiger partial charge in [0, 0.05) is 39.9 Å². The molecular formula is C15H22F3N3O2. The molecule has 1 saturated heterocycles. The molecule has 130 valence electrons. The van der Waals surface area contributed by atoms with Crippen LogP contribution in [0.4, 0.5) is 13.2 Å². The van der Waals surface area contributed by atoms with Crippen LogP contribution in [0.3, 0.4) is 0 Å². The average molecular weight is 333 g/mol. The number of aryl methyl sites for hydroxylation is 1. The van der Waals surface area contributed by atoms with Crippen molar-refractivity contribution < 1.29 is 22.7 Å². The molecule has 0 aliphatic carbocycles. The number of alkyl halides is 3. The van der Waals surface area contributed by atoms with Crippen LogP contribution in [0.25, 0.3) is 0 Å². The number of methoxy groups -OCH3 is 1. The fourth-order valence-corrected chi connectivity index (χ4v) is 2.97. The molecule has 0 unspecified atom stereocenters. The molecule has 5 nitrogen and oxygen atoms in total. The van der Waals surface area contributed by atoms with E-state index in [0.717, 1.165) is 36.4 Å². The molecule has 1 fully saturated rings. The number of hydrogen-bond donors (Lipinski definition) is 0. The first kappa shape index (κ1) is 17.8. The fraction of sp³-hybridized carbons (Fsp3) is 0.733. The summed E-state index contributed by atoms with van der Waals surface area (Å²) in [5, 5.41) is 3.41. The standard InChI is InChI=1S/C15H22F3N3O2/c1-20-12(9-13(19-20)15(16,17)18)14(22)21-7-3-5-11(10-21)6-4-8-23-2/h9,11H,3-8,10H2,1-2H3/t11-/m0/s1. The van der Waals surface area contributed by atoms with Crippen molar-refractivity contribution in [1.29, 1.82) is 0 Å². The van der Waals surface area contributed by atoms with Crippen LogP contribution in [0.2, 0.25) is 0 Å². The fourth-order valence-electron chi connectivity index (χ4n) is 2.97. The first-order chi connectivity index (χ1) is 10.8. The van der Waals surface area contributed by atoms with E-state index in [1.165, 1.54) is 7.05 Å². The lowest BCUT2D eigenvalue weighted by Gasteiger charge is -2.32. The minimum absolute atomic E-state index is 0.0186. The number of amides is 1. The van der Waals surface area contributed by atoms with Gasteiger partial charge in [0.05, 0.1) is 0 Å². The van der Waals surface area contributed by atoms with Crippen molar-refractivity contribution in [2.45, 2.75) is 31.9 Å². The minimum atomic E-state index is -4.54. The Hall–Kier alpha value is -1.57. The number of piperidine rings is 1. The van der Waals surface area contributed by atoms with E-state index in [1.54, 1.807) is 12.0 Å². The van der Waals surface area contributed by atoms with Gasteiger partial charge in [0.1, 0.15) is 5.69 Å². The van der Waals surface area contributed by atoms with E-state index in [2.05, 4.69) is 5.10 Å². The van der Waals surface area contributed by atoms with Gasteiger partial charge in [-0.15, -0.1) is 0 Å². The predicted molar refractivity (Wildman–Crippen MR) is 77.9 cm³/mol. The zero-order valence-corrected chi connectivity index (χ0v) is 13.4. The third kappa shape index (κ3) is 4.46. The molecule has 1 aromatic rings. The zero-order chi connectivity index (χ0) is 17.0. The van der Waals surface area contributed by atoms with Gasteiger partial charge in [0.15, 0.2) is 5.69 Å². The van der Waals surface area contributed by atoms with Gasteiger partial charge in [-0.2, -0.15) is 18.3 Å². The van der Waals surface area contributed by atoms with Gasteiger partial charge < -0.3 is 9.64 Å². The number of ether oxygens (including phenoxy) is 1. The van der Waals surface area contributed by atoms with E-state index in [0.29, 0.717) is 25.6 Å². The average Bonchev–Trinajstić information content (AvgIpc) is 2.89. The van der Waals surface area contributed by atoms with Crippen molar-refractivity contribution in [2.24, 2.45) is 13.0 Å². The van der Waals surface area contributed by atoms with E-state index in [9.17, 15) is 18.0 Å². The zero-order valence-electron chi connectivity index (χ0n) is 13.4. The van der Waals surface area contributed by atoms with Gasteiger partial charge in [0.2, 0.25) is 0 Å². The van der Waals surface area contributed by atoms with Crippen LogP contribution in [0.5, 0.6) is 0 Å². The number of likely N-dealkylation sites (tertiary alicyclic amines) is 1. The number of carbonyl (C=O) groups excluding carboxylic acids is 1. The molecule has 0 saturated carbocycles. The normalized spacial score (nSPS) is 19.2. The summed E-state index contributed by atoms with van der Waals surface area (Å²) >= 11 is 0. The summed E-state index contributed by atoms with van der Waals surface area (Å²) < 4.78 is 44.2. The minimum Gasteiger partial charge on any atom is -0.385 e.